The Bertz CT molecular complexity index is 1530. The number of aromatic nitrogens is 3. The van der Waals surface area contributed by atoms with Crippen molar-refractivity contribution in [1.29, 1.82) is 0 Å². The van der Waals surface area contributed by atoms with Crippen molar-refractivity contribution in [3.05, 3.63) is 69.9 Å². The maximum atomic E-state index is 13.6. The van der Waals surface area contributed by atoms with Crippen molar-refractivity contribution in [2.24, 2.45) is 5.41 Å². The summed E-state index contributed by atoms with van der Waals surface area (Å²) in [5.74, 6) is 2.10. The number of ether oxygens (including phenoxy) is 2. The van der Waals surface area contributed by atoms with E-state index >= 15 is 0 Å². The average molecular weight is 610 g/mol. The zero-order chi connectivity index (χ0) is 30.0. The van der Waals surface area contributed by atoms with Crippen LogP contribution in [0.15, 0.2) is 58.9 Å². The minimum Gasteiger partial charge on any atom is -0.493 e. The summed E-state index contributed by atoms with van der Waals surface area (Å²) >= 11 is 7.86. The van der Waals surface area contributed by atoms with Crippen LogP contribution in [0, 0.1) is 5.41 Å². The van der Waals surface area contributed by atoms with Crippen LogP contribution in [-0.4, -0.2) is 58.2 Å². The predicted molar refractivity (Wildman–Crippen MR) is 164 cm³/mol. The van der Waals surface area contributed by atoms with Crippen LogP contribution in [0.4, 0.5) is 5.95 Å². The van der Waals surface area contributed by atoms with Crippen molar-refractivity contribution < 1.29 is 19.1 Å². The highest BCUT2D eigenvalue weighted by atomic mass is 35.5. The fourth-order valence-corrected chi connectivity index (χ4v) is 6.61. The molecule has 1 amide bonds. The third-order valence-electron chi connectivity index (χ3n) is 7.60. The van der Waals surface area contributed by atoms with E-state index in [0.717, 1.165) is 16.8 Å². The Balaban J connectivity index is 1.49. The van der Waals surface area contributed by atoms with E-state index in [1.165, 1.54) is 11.8 Å². The van der Waals surface area contributed by atoms with Crippen LogP contribution < -0.4 is 14.8 Å². The maximum absolute atomic E-state index is 13.6. The number of ketones is 1. The largest absolute Gasteiger partial charge is 0.493 e. The second-order valence-corrected chi connectivity index (χ2v) is 12.5. The molecule has 0 radical (unpaired) electrons. The quantitative estimate of drug-likeness (QED) is 0.274. The lowest BCUT2D eigenvalue weighted by atomic mass is 9.73. The number of hydrogen-bond acceptors (Lipinski definition) is 8. The van der Waals surface area contributed by atoms with Crippen LogP contribution in [0.5, 0.6) is 11.5 Å². The lowest BCUT2D eigenvalue weighted by Crippen LogP contribution is -2.36. The van der Waals surface area contributed by atoms with Gasteiger partial charge in [0.05, 0.1) is 7.11 Å². The van der Waals surface area contributed by atoms with Gasteiger partial charge < -0.3 is 19.7 Å². The molecule has 1 unspecified atom stereocenters. The summed E-state index contributed by atoms with van der Waals surface area (Å²) in [4.78, 5) is 32.7. The molecular formula is C31H36ClN5O4S. The summed E-state index contributed by atoms with van der Waals surface area (Å²) in [6.45, 7) is 9.22. The predicted octanol–water partition coefficient (Wildman–Crippen LogP) is 6.14. The van der Waals surface area contributed by atoms with Gasteiger partial charge in [-0.1, -0.05) is 61.5 Å². The molecule has 0 bridgehead atoms. The number of rotatable bonds is 10. The van der Waals surface area contributed by atoms with Crippen LogP contribution >= 0.6 is 23.4 Å². The Hall–Kier alpha value is -3.50. The molecule has 2 aliphatic rings. The zero-order valence-electron chi connectivity index (χ0n) is 24.6. The molecule has 2 heterocycles. The molecule has 11 heteroatoms. The summed E-state index contributed by atoms with van der Waals surface area (Å²) in [5, 5.41) is 9.54. The molecule has 1 aliphatic carbocycles. The topological polar surface area (TPSA) is 98.6 Å². The highest BCUT2D eigenvalue weighted by Gasteiger charge is 2.42. The lowest BCUT2D eigenvalue weighted by Gasteiger charge is -2.38. The molecule has 2 aromatic carbocycles. The maximum Gasteiger partial charge on any atom is 0.260 e. The van der Waals surface area contributed by atoms with Crippen LogP contribution in [-0.2, 0) is 15.3 Å². The summed E-state index contributed by atoms with van der Waals surface area (Å²) in [6, 6.07) is 12.7. The fraction of sp³-hybridized carbons (Fsp3) is 0.419. The second kappa shape index (κ2) is 12.4. The van der Waals surface area contributed by atoms with Crippen molar-refractivity contribution >= 4 is 41.0 Å². The molecule has 1 atom stereocenters. The number of carbonyl (C=O) groups excluding carboxylic acids is 2. The highest BCUT2D eigenvalue weighted by molar-refractivity contribution is 7.98. The van der Waals surface area contributed by atoms with Gasteiger partial charge in [0.15, 0.2) is 23.9 Å². The van der Waals surface area contributed by atoms with E-state index < -0.39 is 6.04 Å². The highest BCUT2D eigenvalue weighted by Crippen LogP contribution is 2.46. The molecule has 0 spiro atoms. The molecule has 222 valence electrons. The molecule has 0 saturated heterocycles. The van der Waals surface area contributed by atoms with Gasteiger partial charge in [0.2, 0.25) is 11.1 Å². The van der Waals surface area contributed by atoms with Crippen molar-refractivity contribution in [1.82, 2.24) is 19.7 Å². The number of amides is 1. The van der Waals surface area contributed by atoms with Crippen molar-refractivity contribution in [3.8, 4) is 11.5 Å². The molecule has 0 saturated carbocycles. The zero-order valence-corrected chi connectivity index (χ0v) is 26.1. The van der Waals surface area contributed by atoms with E-state index in [1.807, 2.05) is 50.2 Å². The Morgan fingerprint density at radius 3 is 2.64 bits per heavy atom. The standard InChI is InChI=1S/C31H36ClN5O4S/c1-6-36(7-2)26(39)17-41-24-13-12-19(14-25(24)40-5)28-27-22(15-31(3,4)16-23(27)38)33-29-34-30(35-37(28)29)42-18-20-10-8-9-11-21(20)32/h8-14,28H,6-7,15-18H2,1-5H3,(H,33,34,35). The molecule has 42 heavy (non-hydrogen) atoms. The molecule has 1 aromatic heterocycles. The number of benzene rings is 2. The van der Waals surface area contributed by atoms with Crippen LogP contribution in [0.25, 0.3) is 0 Å². The SMILES string of the molecule is CCN(CC)C(=O)COc1ccc(C2C3=C(CC(C)(C)CC3=O)Nc3nc(SCc4ccccc4Cl)nn32)cc1OC. The molecular weight excluding hydrogens is 574 g/mol. The Morgan fingerprint density at radius 1 is 1.17 bits per heavy atom. The summed E-state index contributed by atoms with van der Waals surface area (Å²) < 4.78 is 13.3. The second-order valence-electron chi connectivity index (χ2n) is 11.2. The first-order chi connectivity index (χ1) is 20.1. The lowest BCUT2D eigenvalue weighted by molar-refractivity contribution is -0.133. The summed E-state index contributed by atoms with van der Waals surface area (Å²) in [5.41, 5.74) is 3.18. The first-order valence-corrected chi connectivity index (χ1v) is 15.4. The molecule has 1 N–H and O–H groups in total. The summed E-state index contributed by atoms with van der Waals surface area (Å²) in [7, 11) is 1.56. The number of fused-ring (bicyclic) bond motifs is 1. The van der Waals surface area contributed by atoms with Crippen LogP contribution in [0.3, 0.4) is 0 Å². The number of hydrogen-bond donors (Lipinski definition) is 1. The minimum absolute atomic E-state index is 0.0780. The number of nitrogens with one attached hydrogen (secondary N) is 1. The number of methoxy groups -OCH3 is 1. The third kappa shape index (κ3) is 6.15. The Morgan fingerprint density at radius 2 is 1.93 bits per heavy atom. The number of thioether (sulfide) groups is 1. The van der Waals surface area contributed by atoms with Gasteiger partial charge in [0, 0.05) is 41.6 Å². The van der Waals surface area contributed by atoms with E-state index in [1.54, 1.807) is 22.8 Å². The smallest absolute Gasteiger partial charge is 0.260 e. The minimum atomic E-state index is -0.498. The fourth-order valence-electron chi connectivity index (χ4n) is 5.50. The van der Waals surface area contributed by atoms with Gasteiger partial charge >= 0.3 is 0 Å². The number of anilines is 1. The van der Waals surface area contributed by atoms with E-state index in [2.05, 4.69) is 19.2 Å². The Kier molecular flexibility index (Phi) is 8.84. The summed E-state index contributed by atoms with van der Waals surface area (Å²) in [6.07, 6.45) is 1.15. The number of likely N-dealkylation sites (N-methyl/N-ethyl adjacent to an activating group) is 1. The van der Waals surface area contributed by atoms with Crippen molar-refractivity contribution in [2.45, 2.75) is 57.5 Å². The van der Waals surface area contributed by atoms with E-state index in [9.17, 15) is 9.59 Å². The van der Waals surface area contributed by atoms with Crippen LogP contribution in [0.1, 0.15) is 57.7 Å². The number of carbonyl (C=O) groups is 2. The first-order valence-electron chi connectivity index (χ1n) is 14.1. The molecule has 5 rings (SSSR count). The van der Waals surface area contributed by atoms with E-state index in [0.29, 0.717) is 64.9 Å². The monoisotopic (exact) mass is 609 g/mol. The van der Waals surface area contributed by atoms with Crippen molar-refractivity contribution in [3.63, 3.8) is 0 Å². The number of nitrogens with zero attached hydrogens (tertiary/aromatic N) is 4. The average Bonchev–Trinajstić information content (AvgIpc) is 3.37. The van der Waals surface area contributed by atoms with Gasteiger partial charge in [-0.2, -0.15) is 4.98 Å². The molecule has 3 aromatic rings. The van der Waals surface area contributed by atoms with Gasteiger partial charge in [0.25, 0.3) is 5.91 Å². The van der Waals surface area contributed by atoms with E-state index in [4.69, 9.17) is 31.2 Å². The molecule has 9 nitrogen and oxygen atoms in total. The number of Topliss-reactive ketones (excluding diaryl/α,β-unsaturated/α-hetero) is 1. The molecule has 1 aliphatic heterocycles. The van der Waals surface area contributed by atoms with E-state index in [-0.39, 0.29) is 23.7 Å². The first kappa shape index (κ1) is 30.0. The normalized spacial score (nSPS) is 17.3. The van der Waals surface area contributed by atoms with Gasteiger partial charge in [-0.05, 0) is 55.0 Å². The van der Waals surface area contributed by atoms with Crippen LogP contribution in [0.2, 0.25) is 5.02 Å². The Labute approximate surface area is 255 Å². The number of halogens is 1. The van der Waals surface area contributed by atoms with Gasteiger partial charge in [0.1, 0.15) is 6.04 Å². The third-order valence-corrected chi connectivity index (χ3v) is 8.85. The van der Waals surface area contributed by atoms with Crippen molar-refractivity contribution in [2.75, 3.05) is 32.1 Å². The van der Waals surface area contributed by atoms with Gasteiger partial charge in [-0.15, -0.1) is 5.10 Å². The molecule has 0 fully saturated rings. The number of allylic oxidation sites excluding steroid dienone is 2. The van der Waals surface area contributed by atoms with Gasteiger partial charge in [-0.3, -0.25) is 9.59 Å². The van der Waals surface area contributed by atoms with Gasteiger partial charge in [-0.25, -0.2) is 4.68 Å².